The maximum atomic E-state index is 12.6. The molecule has 1 amide bonds. The molecule has 1 heterocycles. The number of carboxylic acids is 1. The standard InChI is InChI=1S/C17H24N2O3/c1-12-7-6-8-13(11-12)14(15(20)21)18-16(22)17(2,3)19-9-4-5-10-19/h6-8,11,14H,4-5,9-10H2,1-3H3,(H,18,22)(H,20,21)/t14-/m0/s1. The molecule has 0 unspecified atom stereocenters. The molecule has 5 nitrogen and oxygen atoms in total. The van der Waals surface area contributed by atoms with Crippen LogP contribution in [-0.2, 0) is 9.59 Å². The van der Waals surface area contributed by atoms with E-state index in [2.05, 4.69) is 10.2 Å². The van der Waals surface area contributed by atoms with Crippen molar-refractivity contribution in [2.75, 3.05) is 13.1 Å². The average molecular weight is 304 g/mol. The van der Waals surface area contributed by atoms with Gasteiger partial charge in [-0.1, -0.05) is 29.8 Å². The van der Waals surface area contributed by atoms with Crippen molar-refractivity contribution in [3.8, 4) is 0 Å². The van der Waals surface area contributed by atoms with E-state index in [1.165, 1.54) is 0 Å². The summed E-state index contributed by atoms with van der Waals surface area (Å²) in [4.78, 5) is 26.3. The van der Waals surface area contributed by atoms with Gasteiger partial charge in [0.15, 0.2) is 6.04 Å². The Morgan fingerprint density at radius 1 is 1.27 bits per heavy atom. The van der Waals surface area contributed by atoms with Crippen LogP contribution in [0.5, 0.6) is 0 Å². The number of rotatable bonds is 5. The normalized spacial score (nSPS) is 17.2. The SMILES string of the molecule is Cc1cccc([C@H](NC(=O)C(C)(C)N2CCCC2)C(=O)O)c1. The number of likely N-dealkylation sites (tertiary alicyclic amines) is 1. The van der Waals surface area contributed by atoms with Gasteiger partial charge in [-0.3, -0.25) is 9.69 Å². The summed E-state index contributed by atoms with van der Waals surface area (Å²) in [6.07, 6.45) is 2.16. The lowest BCUT2D eigenvalue weighted by molar-refractivity contribution is -0.144. The Balaban J connectivity index is 2.17. The Bertz CT molecular complexity index is 563. The summed E-state index contributed by atoms with van der Waals surface area (Å²) in [6, 6.07) is 6.21. The Morgan fingerprint density at radius 2 is 1.91 bits per heavy atom. The lowest BCUT2D eigenvalue weighted by Crippen LogP contribution is -2.55. The lowest BCUT2D eigenvalue weighted by atomic mass is 9.99. The number of carbonyl (C=O) groups excluding carboxylic acids is 1. The van der Waals surface area contributed by atoms with E-state index in [0.29, 0.717) is 5.56 Å². The predicted octanol–water partition coefficient (Wildman–Crippen LogP) is 2.11. The summed E-state index contributed by atoms with van der Waals surface area (Å²) >= 11 is 0. The minimum atomic E-state index is -1.05. The van der Waals surface area contributed by atoms with Crippen molar-refractivity contribution in [2.45, 2.75) is 45.2 Å². The van der Waals surface area contributed by atoms with Gasteiger partial charge >= 0.3 is 5.97 Å². The molecule has 1 aromatic rings. The maximum absolute atomic E-state index is 12.6. The number of hydrogen-bond donors (Lipinski definition) is 2. The summed E-state index contributed by atoms with van der Waals surface area (Å²) in [5.41, 5.74) is 0.864. The van der Waals surface area contributed by atoms with E-state index < -0.39 is 17.6 Å². The minimum Gasteiger partial charge on any atom is -0.479 e. The molecule has 0 spiro atoms. The van der Waals surface area contributed by atoms with Gasteiger partial charge < -0.3 is 10.4 Å². The van der Waals surface area contributed by atoms with Gasteiger partial charge in [0.25, 0.3) is 0 Å². The van der Waals surface area contributed by atoms with Crippen LogP contribution < -0.4 is 5.32 Å². The van der Waals surface area contributed by atoms with Crippen molar-refractivity contribution in [2.24, 2.45) is 0 Å². The van der Waals surface area contributed by atoms with Crippen LogP contribution in [0.4, 0.5) is 0 Å². The molecule has 5 heteroatoms. The summed E-state index contributed by atoms with van der Waals surface area (Å²) in [6.45, 7) is 7.36. The topological polar surface area (TPSA) is 69.6 Å². The Hall–Kier alpha value is -1.88. The molecule has 0 saturated carbocycles. The van der Waals surface area contributed by atoms with Crippen molar-refractivity contribution < 1.29 is 14.7 Å². The molecular formula is C17H24N2O3. The molecule has 1 atom stereocenters. The third-order valence-corrected chi connectivity index (χ3v) is 4.35. The van der Waals surface area contributed by atoms with Gasteiger partial charge in [-0.2, -0.15) is 0 Å². The molecule has 1 aromatic carbocycles. The number of amides is 1. The highest BCUT2D eigenvalue weighted by Crippen LogP contribution is 2.23. The zero-order chi connectivity index (χ0) is 16.3. The van der Waals surface area contributed by atoms with Crippen LogP contribution in [0, 0.1) is 6.92 Å². The van der Waals surface area contributed by atoms with E-state index in [0.717, 1.165) is 31.5 Å². The summed E-state index contributed by atoms with van der Waals surface area (Å²) in [5.74, 6) is -1.29. The second-order valence-corrected chi connectivity index (χ2v) is 6.41. The number of nitrogens with zero attached hydrogens (tertiary/aromatic N) is 1. The van der Waals surface area contributed by atoms with Crippen LogP contribution in [-0.4, -0.2) is 40.5 Å². The Labute approximate surface area is 131 Å². The number of carbonyl (C=O) groups is 2. The molecule has 120 valence electrons. The van der Waals surface area contributed by atoms with Gasteiger partial charge in [0, 0.05) is 0 Å². The van der Waals surface area contributed by atoms with Gasteiger partial charge in [-0.05, 0) is 52.3 Å². The van der Waals surface area contributed by atoms with Crippen LogP contribution in [0.2, 0.25) is 0 Å². The van der Waals surface area contributed by atoms with E-state index in [-0.39, 0.29) is 5.91 Å². The monoisotopic (exact) mass is 304 g/mol. The molecule has 22 heavy (non-hydrogen) atoms. The number of hydrogen-bond acceptors (Lipinski definition) is 3. The van der Waals surface area contributed by atoms with Crippen molar-refractivity contribution in [1.29, 1.82) is 0 Å². The quantitative estimate of drug-likeness (QED) is 0.874. The molecule has 0 bridgehead atoms. The van der Waals surface area contributed by atoms with Gasteiger partial charge in [0.1, 0.15) is 0 Å². The highest BCUT2D eigenvalue weighted by Gasteiger charge is 2.38. The number of benzene rings is 1. The first-order valence-corrected chi connectivity index (χ1v) is 7.68. The van der Waals surface area contributed by atoms with Crippen LogP contribution in [0.25, 0.3) is 0 Å². The number of aryl methyl sites for hydroxylation is 1. The van der Waals surface area contributed by atoms with Gasteiger partial charge in [0.2, 0.25) is 5.91 Å². The van der Waals surface area contributed by atoms with Crippen molar-refractivity contribution in [3.63, 3.8) is 0 Å². The fraction of sp³-hybridized carbons (Fsp3) is 0.529. The average Bonchev–Trinajstić information content (AvgIpc) is 2.98. The Morgan fingerprint density at radius 3 is 2.45 bits per heavy atom. The third-order valence-electron chi connectivity index (χ3n) is 4.35. The largest absolute Gasteiger partial charge is 0.479 e. The first-order chi connectivity index (χ1) is 10.3. The second-order valence-electron chi connectivity index (χ2n) is 6.41. The van der Waals surface area contributed by atoms with E-state index in [4.69, 9.17) is 0 Å². The van der Waals surface area contributed by atoms with Crippen molar-refractivity contribution in [1.82, 2.24) is 10.2 Å². The van der Waals surface area contributed by atoms with Crippen LogP contribution in [0.1, 0.15) is 43.9 Å². The van der Waals surface area contributed by atoms with Gasteiger partial charge in [-0.25, -0.2) is 4.79 Å². The third kappa shape index (κ3) is 3.47. The summed E-state index contributed by atoms with van der Waals surface area (Å²) < 4.78 is 0. The number of carboxylic acid groups (broad SMARTS) is 1. The van der Waals surface area contributed by atoms with Gasteiger partial charge in [0.05, 0.1) is 5.54 Å². The van der Waals surface area contributed by atoms with Crippen LogP contribution >= 0.6 is 0 Å². The van der Waals surface area contributed by atoms with E-state index in [1.807, 2.05) is 26.8 Å². The van der Waals surface area contributed by atoms with Gasteiger partial charge in [-0.15, -0.1) is 0 Å². The van der Waals surface area contributed by atoms with Crippen LogP contribution in [0.15, 0.2) is 24.3 Å². The molecule has 1 saturated heterocycles. The lowest BCUT2D eigenvalue weighted by Gasteiger charge is -2.34. The van der Waals surface area contributed by atoms with Crippen LogP contribution in [0.3, 0.4) is 0 Å². The second kappa shape index (κ2) is 6.48. The molecular weight excluding hydrogens is 280 g/mol. The molecule has 0 aliphatic carbocycles. The molecule has 2 N–H and O–H groups in total. The van der Waals surface area contributed by atoms with E-state index >= 15 is 0 Å². The smallest absolute Gasteiger partial charge is 0.330 e. The first kappa shape index (κ1) is 16.5. The Kier molecular flexibility index (Phi) is 4.86. The molecule has 2 rings (SSSR count). The molecule has 0 aromatic heterocycles. The highest BCUT2D eigenvalue weighted by molar-refractivity contribution is 5.90. The zero-order valence-corrected chi connectivity index (χ0v) is 13.4. The first-order valence-electron chi connectivity index (χ1n) is 7.68. The predicted molar refractivity (Wildman–Crippen MR) is 84.6 cm³/mol. The molecule has 1 aliphatic rings. The molecule has 1 fully saturated rings. The maximum Gasteiger partial charge on any atom is 0.330 e. The molecule has 0 radical (unpaired) electrons. The minimum absolute atomic E-state index is 0.247. The zero-order valence-electron chi connectivity index (χ0n) is 13.4. The summed E-state index contributed by atoms with van der Waals surface area (Å²) in [7, 11) is 0. The van der Waals surface area contributed by atoms with E-state index in [1.54, 1.807) is 18.2 Å². The van der Waals surface area contributed by atoms with E-state index in [9.17, 15) is 14.7 Å². The number of nitrogens with one attached hydrogen (secondary N) is 1. The highest BCUT2D eigenvalue weighted by atomic mass is 16.4. The molecule has 1 aliphatic heterocycles. The number of aliphatic carboxylic acids is 1. The van der Waals surface area contributed by atoms with Crippen molar-refractivity contribution in [3.05, 3.63) is 35.4 Å². The van der Waals surface area contributed by atoms with Crippen molar-refractivity contribution >= 4 is 11.9 Å². The fourth-order valence-electron chi connectivity index (χ4n) is 2.86. The summed E-state index contributed by atoms with van der Waals surface area (Å²) in [5, 5.41) is 12.2. The fourth-order valence-corrected chi connectivity index (χ4v) is 2.86.